The van der Waals surface area contributed by atoms with Crippen LogP contribution < -0.4 is 4.90 Å². The lowest BCUT2D eigenvalue weighted by Gasteiger charge is -2.45. The predicted octanol–water partition coefficient (Wildman–Crippen LogP) is 2.80. The molecule has 1 aromatic rings. The predicted molar refractivity (Wildman–Crippen MR) is 111 cm³/mol. The molecule has 2 amide bonds. The number of halogens is 3. The number of nitriles is 1. The van der Waals surface area contributed by atoms with Crippen molar-refractivity contribution in [1.82, 2.24) is 4.90 Å². The lowest BCUT2D eigenvalue weighted by molar-refractivity contribution is -0.169. The van der Waals surface area contributed by atoms with Gasteiger partial charge < -0.3 is 9.84 Å². The highest BCUT2D eigenvalue weighted by Crippen LogP contribution is 2.55. The van der Waals surface area contributed by atoms with E-state index >= 15 is 0 Å². The molecule has 3 fully saturated rings. The van der Waals surface area contributed by atoms with Gasteiger partial charge in [0.15, 0.2) is 0 Å². The van der Waals surface area contributed by atoms with Crippen LogP contribution in [0.2, 0.25) is 0 Å². The Labute approximate surface area is 193 Å². The van der Waals surface area contributed by atoms with E-state index in [0.29, 0.717) is 38.5 Å². The zero-order valence-corrected chi connectivity index (χ0v) is 18.7. The SMILES string of the molecule is C[C@]12CN(CCCCC(=O)O)C[C@](C)(O1)C1C(=O)N(c3ccc(C#N)c(C(F)(F)F)c3)C(=O)[C@H]12. The third-order valence-corrected chi connectivity index (χ3v) is 6.97. The Morgan fingerprint density at radius 1 is 1.18 bits per heavy atom. The molecule has 0 aromatic heterocycles. The number of carbonyl (C=O) groups is 3. The Morgan fingerprint density at radius 2 is 1.76 bits per heavy atom. The number of carboxylic acids is 1. The Balaban J connectivity index is 1.61. The molecule has 4 atom stereocenters. The summed E-state index contributed by atoms with van der Waals surface area (Å²) < 4.78 is 46.6. The van der Waals surface area contributed by atoms with Crippen LogP contribution in [0.5, 0.6) is 0 Å². The summed E-state index contributed by atoms with van der Waals surface area (Å²) in [6, 6.07) is 4.31. The topological polar surface area (TPSA) is 111 Å². The van der Waals surface area contributed by atoms with E-state index in [0.717, 1.165) is 11.0 Å². The Bertz CT molecular complexity index is 1060. The normalized spacial score (nSPS) is 31.0. The average Bonchev–Trinajstić information content (AvgIpc) is 3.10. The first kappa shape index (κ1) is 24.2. The van der Waals surface area contributed by atoms with Crippen LogP contribution in [0.3, 0.4) is 0 Å². The van der Waals surface area contributed by atoms with Gasteiger partial charge in [-0.25, -0.2) is 4.90 Å². The summed E-state index contributed by atoms with van der Waals surface area (Å²) in [6.07, 6.45) is -3.63. The van der Waals surface area contributed by atoms with Gasteiger partial charge in [0.25, 0.3) is 0 Å². The smallest absolute Gasteiger partial charge is 0.417 e. The molecule has 0 saturated carbocycles. The van der Waals surface area contributed by atoms with Gasteiger partial charge in [-0.3, -0.25) is 19.3 Å². The second kappa shape index (κ2) is 8.06. The molecule has 3 heterocycles. The maximum atomic E-state index is 13.5. The quantitative estimate of drug-likeness (QED) is 0.493. The van der Waals surface area contributed by atoms with Crippen LogP contribution in [0.15, 0.2) is 18.2 Å². The number of carbonyl (C=O) groups excluding carboxylic acids is 2. The highest BCUT2D eigenvalue weighted by molar-refractivity contribution is 6.23. The molecule has 1 unspecified atom stereocenters. The van der Waals surface area contributed by atoms with Gasteiger partial charge in [-0.15, -0.1) is 0 Å². The van der Waals surface area contributed by atoms with Gasteiger partial charge in [0.2, 0.25) is 11.8 Å². The summed E-state index contributed by atoms with van der Waals surface area (Å²) in [4.78, 5) is 40.5. The minimum Gasteiger partial charge on any atom is -0.481 e. The number of benzene rings is 1. The summed E-state index contributed by atoms with van der Waals surface area (Å²) >= 11 is 0. The van der Waals surface area contributed by atoms with Gasteiger partial charge in [0.05, 0.1) is 45.9 Å². The van der Waals surface area contributed by atoms with E-state index in [4.69, 9.17) is 15.1 Å². The number of unbranched alkanes of at least 4 members (excludes halogenated alkanes) is 1. The summed E-state index contributed by atoms with van der Waals surface area (Å²) in [7, 11) is 0. The van der Waals surface area contributed by atoms with Crippen molar-refractivity contribution in [3.8, 4) is 6.07 Å². The van der Waals surface area contributed by atoms with Gasteiger partial charge in [-0.1, -0.05) is 0 Å². The molecule has 4 rings (SSSR count). The maximum Gasteiger partial charge on any atom is 0.417 e. The number of anilines is 1. The lowest BCUT2D eigenvalue weighted by atomic mass is 9.79. The number of likely N-dealkylation sites (tertiary alicyclic amines) is 1. The molecule has 3 aliphatic rings. The van der Waals surface area contributed by atoms with Crippen molar-refractivity contribution < 1.29 is 37.4 Å². The van der Waals surface area contributed by atoms with Crippen molar-refractivity contribution >= 4 is 23.5 Å². The molecule has 0 spiro atoms. The zero-order chi connectivity index (χ0) is 25.1. The fraction of sp³-hybridized carbons (Fsp3) is 0.565. The van der Waals surface area contributed by atoms with Crippen LogP contribution in [-0.2, 0) is 25.3 Å². The van der Waals surface area contributed by atoms with Crippen LogP contribution in [-0.4, -0.2) is 58.6 Å². The van der Waals surface area contributed by atoms with Gasteiger partial charge in [-0.2, -0.15) is 18.4 Å². The fourth-order valence-electron chi connectivity index (χ4n) is 5.79. The minimum absolute atomic E-state index is 0.0561. The van der Waals surface area contributed by atoms with E-state index < -0.39 is 58.1 Å². The van der Waals surface area contributed by atoms with Crippen molar-refractivity contribution in [3.63, 3.8) is 0 Å². The van der Waals surface area contributed by atoms with Crippen molar-refractivity contribution in [1.29, 1.82) is 5.26 Å². The van der Waals surface area contributed by atoms with E-state index in [2.05, 4.69) is 4.90 Å². The second-order valence-corrected chi connectivity index (χ2v) is 9.60. The van der Waals surface area contributed by atoms with E-state index in [1.54, 1.807) is 13.8 Å². The molecule has 34 heavy (non-hydrogen) atoms. The molecule has 11 heteroatoms. The number of aliphatic carboxylic acids is 1. The highest BCUT2D eigenvalue weighted by atomic mass is 19.4. The number of fused-ring (bicyclic) bond motifs is 5. The van der Waals surface area contributed by atoms with E-state index in [1.807, 2.05) is 0 Å². The first-order valence-corrected chi connectivity index (χ1v) is 10.9. The Kier molecular flexibility index (Phi) is 5.73. The molecule has 0 radical (unpaired) electrons. The van der Waals surface area contributed by atoms with Gasteiger partial charge in [0.1, 0.15) is 0 Å². The van der Waals surface area contributed by atoms with Gasteiger partial charge in [-0.05, 0) is 51.4 Å². The number of hydrogen-bond donors (Lipinski definition) is 1. The molecule has 8 nitrogen and oxygen atoms in total. The zero-order valence-electron chi connectivity index (χ0n) is 18.7. The van der Waals surface area contributed by atoms with Crippen LogP contribution in [0.1, 0.15) is 44.2 Å². The third-order valence-electron chi connectivity index (χ3n) is 6.97. The number of rotatable bonds is 6. The van der Waals surface area contributed by atoms with Crippen LogP contribution in [0.25, 0.3) is 0 Å². The van der Waals surface area contributed by atoms with Crippen molar-refractivity contribution in [3.05, 3.63) is 29.3 Å². The maximum absolute atomic E-state index is 13.5. The molecular formula is C23H24F3N3O5. The molecular weight excluding hydrogens is 455 g/mol. The summed E-state index contributed by atoms with van der Waals surface area (Å²) in [5, 5.41) is 17.8. The number of hydrogen-bond acceptors (Lipinski definition) is 6. The molecule has 182 valence electrons. The molecule has 1 N–H and O–H groups in total. The van der Waals surface area contributed by atoms with E-state index in [-0.39, 0.29) is 12.1 Å². The number of carboxylic acid groups (broad SMARTS) is 1. The second-order valence-electron chi connectivity index (χ2n) is 9.60. The van der Waals surface area contributed by atoms with Crippen molar-refractivity contribution in [2.75, 3.05) is 24.5 Å². The van der Waals surface area contributed by atoms with Crippen LogP contribution in [0.4, 0.5) is 18.9 Å². The largest absolute Gasteiger partial charge is 0.481 e. The standard InChI is InChI=1S/C23H24F3N3O5/c1-21-11-28(8-4-3-5-16(30)31)12-22(2,34-21)18-17(21)19(32)29(20(18)33)14-7-6-13(10-27)15(9-14)23(24,25)26/h6-7,9,17-18H,3-5,8,11-12H2,1-2H3,(H,30,31)/t17-,18?,21+,22-/m0/s1. The number of imide groups is 1. The summed E-state index contributed by atoms with van der Waals surface area (Å²) in [5.41, 5.74) is -4.05. The van der Waals surface area contributed by atoms with E-state index in [1.165, 1.54) is 12.1 Å². The number of amides is 2. The molecule has 3 aliphatic heterocycles. The van der Waals surface area contributed by atoms with Crippen LogP contribution >= 0.6 is 0 Å². The van der Waals surface area contributed by atoms with Crippen molar-refractivity contribution in [2.24, 2.45) is 11.8 Å². The lowest BCUT2D eigenvalue weighted by Crippen LogP contribution is -2.58. The van der Waals surface area contributed by atoms with Crippen molar-refractivity contribution in [2.45, 2.75) is 50.5 Å². The molecule has 1 aromatic carbocycles. The first-order chi connectivity index (χ1) is 15.8. The summed E-state index contributed by atoms with van der Waals surface area (Å²) in [6.45, 7) is 4.72. The number of alkyl halides is 3. The highest BCUT2D eigenvalue weighted by Gasteiger charge is 2.71. The van der Waals surface area contributed by atoms with Crippen LogP contribution in [0, 0.1) is 23.2 Å². The summed E-state index contributed by atoms with van der Waals surface area (Å²) in [5.74, 6) is -3.83. The number of nitrogens with zero attached hydrogens (tertiary/aromatic N) is 3. The fourth-order valence-corrected chi connectivity index (χ4v) is 5.79. The minimum atomic E-state index is -4.82. The molecule has 2 bridgehead atoms. The monoisotopic (exact) mass is 479 g/mol. The average molecular weight is 479 g/mol. The molecule has 0 aliphatic carbocycles. The van der Waals surface area contributed by atoms with Gasteiger partial charge in [0, 0.05) is 19.5 Å². The number of morpholine rings is 1. The Hall–Kier alpha value is -2.97. The number of ether oxygens (including phenoxy) is 1. The Morgan fingerprint density at radius 3 is 2.26 bits per heavy atom. The van der Waals surface area contributed by atoms with Gasteiger partial charge >= 0.3 is 12.1 Å². The third kappa shape index (κ3) is 3.84. The van der Waals surface area contributed by atoms with E-state index in [9.17, 15) is 27.6 Å². The molecule has 3 saturated heterocycles. The first-order valence-electron chi connectivity index (χ1n) is 10.9.